The first-order valence-corrected chi connectivity index (χ1v) is 14.2. The van der Waals surface area contributed by atoms with Crippen molar-refractivity contribution >= 4 is 57.9 Å². The Morgan fingerprint density at radius 2 is 1.71 bits per heavy atom. The molecular formula is C29H28ClN3O7S. The molecular weight excluding hydrogens is 570 g/mol. The van der Waals surface area contributed by atoms with Crippen molar-refractivity contribution in [2.75, 3.05) is 18.5 Å². The molecule has 0 saturated heterocycles. The standard InChI is InChI=1S/C29H28ClN3O7S/c1-3-38-22-15-17(9-14-21(22)40-28(36)18-10-12-19(30)13-11-18)16-31-33-26(35)25(34)32-27-24(29(37)39-4-2)20-7-5-6-8-23(20)41-27/h9-16H,3-8H2,1-2H3,(H,32,34)(H,33,35)/b31-16-. The highest BCUT2D eigenvalue weighted by Gasteiger charge is 2.28. The molecule has 3 aromatic rings. The molecule has 0 spiro atoms. The number of hydrazone groups is 1. The van der Waals surface area contributed by atoms with Gasteiger partial charge >= 0.3 is 23.8 Å². The average Bonchev–Trinajstić information content (AvgIpc) is 3.32. The lowest BCUT2D eigenvalue weighted by atomic mass is 9.95. The summed E-state index contributed by atoms with van der Waals surface area (Å²) in [6, 6.07) is 11.0. The van der Waals surface area contributed by atoms with Crippen LogP contribution in [-0.2, 0) is 27.2 Å². The zero-order valence-electron chi connectivity index (χ0n) is 22.5. The number of carbonyl (C=O) groups is 4. The first-order valence-electron chi connectivity index (χ1n) is 13.0. The van der Waals surface area contributed by atoms with Crippen LogP contribution in [0.2, 0.25) is 5.02 Å². The zero-order valence-corrected chi connectivity index (χ0v) is 24.0. The van der Waals surface area contributed by atoms with Crippen molar-refractivity contribution < 1.29 is 33.4 Å². The molecule has 10 nitrogen and oxygen atoms in total. The Morgan fingerprint density at radius 3 is 2.44 bits per heavy atom. The summed E-state index contributed by atoms with van der Waals surface area (Å²) >= 11 is 7.16. The molecule has 1 heterocycles. The number of amides is 2. The van der Waals surface area contributed by atoms with Crippen LogP contribution in [0.3, 0.4) is 0 Å². The molecule has 1 aromatic heterocycles. The average molecular weight is 598 g/mol. The van der Waals surface area contributed by atoms with E-state index < -0.39 is 23.8 Å². The Bertz CT molecular complexity index is 1480. The van der Waals surface area contributed by atoms with E-state index in [0.717, 1.165) is 36.1 Å². The second-order valence-corrected chi connectivity index (χ2v) is 10.4. The smallest absolute Gasteiger partial charge is 0.343 e. The number of benzene rings is 2. The van der Waals surface area contributed by atoms with Gasteiger partial charge < -0.3 is 19.5 Å². The first kappa shape index (κ1) is 29.8. The third-order valence-corrected chi connectivity index (χ3v) is 7.47. The van der Waals surface area contributed by atoms with Gasteiger partial charge in [0, 0.05) is 9.90 Å². The second-order valence-electron chi connectivity index (χ2n) is 8.82. The van der Waals surface area contributed by atoms with Gasteiger partial charge in [0.2, 0.25) is 0 Å². The lowest BCUT2D eigenvalue weighted by Gasteiger charge is -2.12. The molecule has 2 N–H and O–H groups in total. The highest BCUT2D eigenvalue weighted by Crippen LogP contribution is 2.38. The second kappa shape index (κ2) is 13.9. The fourth-order valence-electron chi connectivity index (χ4n) is 4.15. The Hall–Kier alpha value is -4.22. The molecule has 0 radical (unpaired) electrons. The van der Waals surface area contributed by atoms with Crippen LogP contribution in [-0.4, -0.2) is 43.2 Å². The van der Waals surface area contributed by atoms with E-state index >= 15 is 0 Å². The van der Waals surface area contributed by atoms with Gasteiger partial charge in [0.05, 0.1) is 30.6 Å². The van der Waals surface area contributed by atoms with Crippen LogP contribution in [0.4, 0.5) is 5.00 Å². The normalized spacial score (nSPS) is 12.4. The molecule has 0 saturated carbocycles. The number of carbonyl (C=O) groups excluding carboxylic acids is 4. The summed E-state index contributed by atoms with van der Waals surface area (Å²) in [5.41, 5.74) is 4.20. The van der Waals surface area contributed by atoms with Gasteiger partial charge in [-0.1, -0.05) is 11.6 Å². The summed E-state index contributed by atoms with van der Waals surface area (Å²) in [4.78, 5) is 51.2. The number of ether oxygens (including phenoxy) is 3. The molecule has 0 bridgehead atoms. The van der Waals surface area contributed by atoms with E-state index in [1.165, 1.54) is 23.6 Å². The van der Waals surface area contributed by atoms with Gasteiger partial charge in [-0.05, 0) is 93.1 Å². The first-order chi connectivity index (χ1) is 19.8. The van der Waals surface area contributed by atoms with E-state index in [1.807, 2.05) is 0 Å². The topological polar surface area (TPSA) is 132 Å². The summed E-state index contributed by atoms with van der Waals surface area (Å²) in [6.45, 7) is 3.99. The van der Waals surface area contributed by atoms with Gasteiger partial charge in [0.25, 0.3) is 0 Å². The maximum Gasteiger partial charge on any atom is 0.343 e. The van der Waals surface area contributed by atoms with Gasteiger partial charge in [-0.15, -0.1) is 11.3 Å². The number of hydrogen-bond acceptors (Lipinski definition) is 9. The van der Waals surface area contributed by atoms with Gasteiger partial charge in [-0.3, -0.25) is 9.59 Å². The number of nitrogens with one attached hydrogen (secondary N) is 2. The monoisotopic (exact) mass is 597 g/mol. The van der Waals surface area contributed by atoms with Crippen LogP contribution >= 0.6 is 22.9 Å². The molecule has 1 aliphatic carbocycles. The molecule has 0 aliphatic heterocycles. The van der Waals surface area contributed by atoms with Crippen molar-refractivity contribution in [2.45, 2.75) is 39.5 Å². The van der Waals surface area contributed by atoms with Gasteiger partial charge in [0.1, 0.15) is 5.00 Å². The Morgan fingerprint density at radius 1 is 0.951 bits per heavy atom. The number of thiophene rings is 1. The number of nitrogens with zero attached hydrogens (tertiary/aromatic N) is 1. The molecule has 0 unspecified atom stereocenters. The van der Waals surface area contributed by atoms with E-state index in [2.05, 4.69) is 15.8 Å². The predicted octanol–water partition coefficient (Wildman–Crippen LogP) is 5.16. The van der Waals surface area contributed by atoms with Gasteiger partial charge in [-0.25, -0.2) is 15.0 Å². The lowest BCUT2D eigenvalue weighted by Crippen LogP contribution is -2.32. The highest BCUT2D eigenvalue weighted by atomic mass is 35.5. The molecule has 4 rings (SSSR count). The summed E-state index contributed by atoms with van der Waals surface area (Å²) in [5, 5.41) is 7.19. The Labute approximate surface area is 245 Å². The molecule has 0 fully saturated rings. The minimum atomic E-state index is -1.01. The van der Waals surface area contributed by atoms with E-state index in [1.54, 1.807) is 50.2 Å². The highest BCUT2D eigenvalue weighted by molar-refractivity contribution is 7.17. The number of aryl methyl sites for hydroxylation is 1. The van der Waals surface area contributed by atoms with Crippen LogP contribution in [0.1, 0.15) is 63.4 Å². The Balaban J connectivity index is 1.41. The molecule has 12 heteroatoms. The quantitative estimate of drug-likeness (QED) is 0.114. The molecule has 0 atom stereocenters. The third kappa shape index (κ3) is 7.50. The number of esters is 2. The number of anilines is 1. The van der Waals surface area contributed by atoms with Crippen LogP contribution in [0.5, 0.6) is 11.5 Å². The number of rotatable bonds is 9. The SMILES string of the molecule is CCOC(=O)c1c(NC(=O)C(=O)N/N=C\c2ccc(OC(=O)c3ccc(Cl)cc3)c(OCC)c2)sc2c1CCCC2. The summed E-state index contributed by atoms with van der Waals surface area (Å²) in [6.07, 6.45) is 4.77. The van der Waals surface area contributed by atoms with Crippen molar-refractivity contribution in [1.82, 2.24) is 5.43 Å². The summed E-state index contributed by atoms with van der Waals surface area (Å²) < 4.78 is 16.3. The van der Waals surface area contributed by atoms with Crippen molar-refractivity contribution in [3.63, 3.8) is 0 Å². The number of fused-ring (bicyclic) bond motifs is 1. The van der Waals surface area contributed by atoms with E-state index in [0.29, 0.717) is 33.3 Å². The maximum absolute atomic E-state index is 12.6. The van der Waals surface area contributed by atoms with Crippen molar-refractivity contribution in [3.8, 4) is 11.5 Å². The van der Waals surface area contributed by atoms with Gasteiger partial charge in [0.15, 0.2) is 11.5 Å². The molecule has 2 amide bonds. The lowest BCUT2D eigenvalue weighted by molar-refractivity contribution is -0.136. The van der Waals surface area contributed by atoms with Gasteiger partial charge in [-0.2, -0.15) is 5.10 Å². The zero-order chi connectivity index (χ0) is 29.4. The fraction of sp³-hybridized carbons (Fsp3) is 0.276. The van der Waals surface area contributed by atoms with Crippen molar-refractivity contribution in [3.05, 3.63) is 74.6 Å². The number of halogens is 1. The summed E-state index contributed by atoms with van der Waals surface area (Å²) in [5.74, 6) is -2.60. The molecule has 41 heavy (non-hydrogen) atoms. The minimum absolute atomic E-state index is 0.197. The third-order valence-electron chi connectivity index (χ3n) is 6.01. The van der Waals surface area contributed by atoms with E-state index in [-0.39, 0.29) is 18.1 Å². The van der Waals surface area contributed by atoms with Crippen molar-refractivity contribution in [1.29, 1.82) is 0 Å². The van der Waals surface area contributed by atoms with Crippen LogP contribution in [0, 0.1) is 0 Å². The molecule has 2 aromatic carbocycles. The van der Waals surface area contributed by atoms with Crippen LogP contribution in [0.15, 0.2) is 47.6 Å². The molecule has 214 valence electrons. The minimum Gasteiger partial charge on any atom is -0.490 e. The maximum atomic E-state index is 12.6. The summed E-state index contributed by atoms with van der Waals surface area (Å²) in [7, 11) is 0. The molecule has 1 aliphatic rings. The number of hydrogen-bond donors (Lipinski definition) is 2. The van der Waals surface area contributed by atoms with Crippen molar-refractivity contribution in [2.24, 2.45) is 5.10 Å². The van der Waals surface area contributed by atoms with E-state index in [4.69, 9.17) is 25.8 Å². The van der Waals surface area contributed by atoms with Crippen LogP contribution in [0.25, 0.3) is 0 Å². The van der Waals surface area contributed by atoms with E-state index in [9.17, 15) is 19.2 Å². The van der Waals surface area contributed by atoms with Crippen LogP contribution < -0.4 is 20.2 Å². The predicted molar refractivity (Wildman–Crippen MR) is 155 cm³/mol. The Kier molecular flexibility index (Phi) is 10.1. The largest absolute Gasteiger partial charge is 0.490 e. The fourth-order valence-corrected chi connectivity index (χ4v) is 5.55.